The molecule has 0 aliphatic rings. The minimum Gasteiger partial charge on any atom is -0.449 e. The van der Waals surface area contributed by atoms with Crippen LogP contribution in [0, 0.1) is 6.92 Å². The molecule has 1 heterocycles. The zero-order chi connectivity index (χ0) is 22.4. The van der Waals surface area contributed by atoms with Crippen molar-refractivity contribution in [1.82, 2.24) is 9.13 Å². The lowest BCUT2D eigenvalue weighted by Crippen LogP contribution is -2.26. The van der Waals surface area contributed by atoms with Crippen molar-refractivity contribution in [2.75, 3.05) is 0 Å². The number of imidazole rings is 1. The minimum atomic E-state index is -1.34. The van der Waals surface area contributed by atoms with Gasteiger partial charge in [-0.05, 0) is 37.0 Å². The quantitative estimate of drug-likeness (QED) is 0.366. The summed E-state index contributed by atoms with van der Waals surface area (Å²) in [4.78, 5) is 24.1. The molecule has 0 aliphatic carbocycles. The third-order valence-corrected chi connectivity index (χ3v) is 5.52. The molecule has 1 aromatic heterocycles. The molecule has 0 saturated heterocycles. The molecule has 31 heavy (non-hydrogen) atoms. The van der Waals surface area contributed by atoms with E-state index in [4.69, 9.17) is 9.84 Å². The molecule has 0 spiro atoms. The Kier molecular flexibility index (Phi) is 7.34. The van der Waals surface area contributed by atoms with E-state index in [9.17, 15) is 9.59 Å². The Morgan fingerprint density at radius 1 is 1.00 bits per heavy atom. The van der Waals surface area contributed by atoms with E-state index >= 15 is 0 Å². The molecule has 0 atom stereocenters. The maximum absolute atomic E-state index is 13.1. The summed E-state index contributed by atoms with van der Waals surface area (Å²) in [5.74, 6) is 0.299. The molecule has 3 aromatic rings. The number of rotatable bonds is 9. The molecule has 0 amide bonds. The molecule has 1 N–H and O–H groups in total. The Balaban J connectivity index is 1.90. The van der Waals surface area contributed by atoms with Crippen molar-refractivity contribution >= 4 is 6.16 Å². The lowest BCUT2D eigenvalue weighted by molar-refractivity contribution is 0.144. The van der Waals surface area contributed by atoms with E-state index in [1.165, 1.54) is 0 Å². The van der Waals surface area contributed by atoms with Crippen LogP contribution in [0.5, 0.6) is 5.75 Å². The van der Waals surface area contributed by atoms with Gasteiger partial charge >= 0.3 is 11.8 Å². The van der Waals surface area contributed by atoms with Gasteiger partial charge < -0.3 is 9.84 Å². The average molecular weight is 423 g/mol. The van der Waals surface area contributed by atoms with Crippen LogP contribution in [0.2, 0.25) is 0 Å². The fraction of sp³-hybridized carbons (Fsp3) is 0.360. The van der Waals surface area contributed by atoms with E-state index in [1.807, 2.05) is 52.5 Å². The largest absolute Gasteiger partial charge is 0.511 e. The zero-order valence-electron chi connectivity index (χ0n) is 18.4. The highest BCUT2D eigenvalue weighted by molar-refractivity contribution is 5.74. The van der Waals surface area contributed by atoms with Crippen LogP contribution in [0.1, 0.15) is 50.1 Å². The Labute approximate surface area is 182 Å². The second-order valence-electron chi connectivity index (χ2n) is 7.72. The lowest BCUT2D eigenvalue weighted by Gasteiger charge is -2.10. The normalized spacial score (nSPS) is 10.9. The van der Waals surface area contributed by atoms with Gasteiger partial charge in [0, 0.05) is 23.5 Å². The van der Waals surface area contributed by atoms with Crippen LogP contribution in [0.3, 0.4) is 0 Å². The molecule has 0 unspecified atom stereocenters. The van der Waals surface area contributed by atoms with Gasteiger partial charge in [-0.3, -0.25) is 9.13 Å². The number of carboxylic acid groups (broad SMARTS) is 1. The van der Waals surface area contributed by atoms with Crippen LogP contribution in [-0.2, 0) is 19.5 Å². The van der Waals surface area contributed by atoms with E-state index < -0.39 is 6.16 Å². The number of carbonyl (C=O) groups is 1. The summed E-state index contributed by atoms with van der Waals surface area (Å²) in [5.41, 5.74) is 4.82. The van der Waals surface area contributed by atoms with Gasteiger partial charge in [-0.15, -0.1) is 0 Å². The highest BCUT2D eigenvalue weighted by atomic mass is 16.7. The number of benzene rings is 2. The van der Waals surface area contributed by atoms with Crippen LogP contribution in [0.25, 0.3) is 11.1 Å². The van der Waals surface area contributed by atoms with Gasteiger partial charge in [0.05, 0.1) is 6.54 Å². The number of ether oxygens (including phenoxy) is 1. The lowest BCUT2D eigenvalue weighted by atomic mass is 10.0. The Hall–Kier alpha value is -3.28. The molecular weight excluding hydrogens is 392 g/mol. The number of nitrogens with zero attached hydrogens (tertiary/aromatic N) is 2. The van der Waals surface area contributed by atoms with Gasteiger partial charge in [-0.1, -0.05) is 69.2 Å². The van der Waals surface area contributed by atoms with Gasteiger partial charge in [-0.25, -0.2) is 9.59 Å². The van der Waals surface area contributed by atoms with Crippen molar-refractivity contribution in [3.05, 3.63) is 76.0 Å². The smallest absolute Gasteiger partial charge is 0.449 e. The topological polar surface area (TPSA) is 73.5 Å². The molecule has 0 fully saturated rings. The molecule has 3 rings (SSSR count). The highest BCUT2D eigenvalue weighted by Crippen LogP contribution is 2.30. The number of aromatic nitrogens is 2. The monoisotopic (exact) mass is 422 g/mol. The van der Waals surface area contributed by atoms with Gasteiger partial charge in [0.25, 0.3) is 0 Å². The van der Waals surface area contributed by atoms with Crippen molar-refractivity contribution in [3.63, 3.8) is 0 Å². The Bertz CT molecular complexity index is 1090. The number of unbranched alkanes of at least 4 members (excludes halogenated alkanes) is 1. The summed E-state index contributed by atoms with van der Waals surface area (Å²) >= 11 is 0. The first-order valence-electron chi connectivity index (χ1n) is 10.8. The van der Waals surface area contributed by atoms with Gasteiger partial charge in [-0.2, -0.15) is 0 Å². The first kappa shape index (κ1) is 22.4. The van der Waals surface area contributed by atoms with Crippen molar-refractivity contribution in [2.45, 2.75) is 59.5 Å². The van der Waals surface area contributed by atoms with Gasteiger partial charge in [0.2, 0.25) is 0 Å². The second-order valence-corrected chi connectivity index (χ2v) is 7.72. The fourth-order valence-electron chi connectivity index (χ4n) is 3.91. The molecule has 2 aromatic carbocycles. The third-order valence-electron chi connectivity index (χ3n) is 5.52. The molecule has 0 radical (unpaired) electrons. The first-order valence-corrected chi connectivity index (χ1v) is 10.8. The van der Waals surface area contributed by atoms with Crippen LogP contribution in [0.15, 0.2) is 53.3 Å². The van der Waals surface area contributed by atoms with E-state index in [1.54, 1.807) is 12.1 Å². The van der Waals surface area contributed by atoms with E-state index in [0.717, 1.165) is 54.7 Å². The van der Waals surface area contributed by atoms with Gasteiger partial charge in [0.1, 0.15) is 5.75 Å². The average Bonchev–Trinajstić information content (AvgIpc) is 2.97. The summed E-state index contributed by atoms with van der Waals surface area (Å²) in [6.07, 6.45) is 2.56. The number of para-hydroxylation sites is 1. The third kappa shape index (κ3) is 5.08. The SMILES string of the molecule is CCCCn1c(C)c(CCC)n(Cc2ccc(-c3ccccc3OC(=O)O)cc2)c1=O. The van der Waals surface area contributed by atoms with Crippen LogP contribution in [0.4, 0.5) is 4.79 Å². The van der Waals surface area contributed by atoms with Crippen molar-refractivity contribution < 1.29 is 14.6 Å². The predicted octanol–water partition coefficient (Wildman–Crippen LogP) is 5.48. The zero-order valence-corrected chi connectivity index (χ0v) is 18.4. The molecule has 0 aliphatic heterocycles. The van der Waals surface area contributed by atoms with Gasteiger partial charge in [0.15, 0.2) is 0 Å². The molecule has 0 bridgehead atoms. The summed E-state index contributed by atoms with van der Waals surface area (Å²) < 4.78 is 8.70. The molecule has 164 valence electrons. The first-order chi connectivity index (χ1) is 15.0. The van der Waals surface area contributed by atoms with Crippen molar-refractivity contribution in [3.8, 4) is 16.9 Å². The standard InChI is InChI=1S/C25H30N2O4/c1-4-6-16-26-18(3)22(9-5-2)27(24(26)28)17-19-12-14-20(15-13-19)21-10-7-8-11-23(21)31-25(29)30/h7-8,10-15H,4-6,9,16-17H2,1-3H3,(H,29,30). The highest BCUT2D eigenvalue weighted by Gasteiger charge is 2.16. The molecule has 6 nitrogen and oxygen atoms in total. The molecule has 6 heteroatoms. The summed E-state index contributed by atoms with van der Waals surface area (Å²) in [7, 11) is 0. The van der Waals surface area contributed by atoms with Crippen LogP contribution in [-0.4, -0.2) is 20.4 Å². The number of hydrogen-bond acceptors (Lipinski definition) is 3. The van der Waals surface area contributed by atoms with Crippen LogP contribution >= 0.6 is 0 Å². The second kappa shape index (κ2) is 10.2. The maximum atomic E-state index is 13.1. The summed E-state index contributed by atoms with van der Waals surface area (Å²) in [5, 5.41) is 8.96. The maximum Gasteiger partial charge on any atom is 0.511 e. The summed E-state index contributed by atoms with van der Waals surface area (Å²) in [6, 6.07) is 14.9. The van der Waals surface area contributed by atoms with E-state index in [-0.39, 0.29) is 5.69 Å². The predicted molar refractivity (Wildman–Crippen MR) is 122 cm³/mol. The van der Waals surface area contributed by atoms with Crippen molar-refractivity contribution in [1.29, 1.82) is 0 Å². The Morgan fingerprint density at radius 2 is 1.71 bits per heavy atom. The fourth-order valence-corrected chi connectivity index (χ4v) is 3.91. The number of hydrogen-bond donors (Lipinski definition) is 1. The van der Waals surface area contributed by atoms with Crippen LogP contribution < -0.4 is 10.4 Å². The molecular formula is C25H30N2O4. The Morgan fingerprint density at radius 3 is 2.35 bits per heavy atom. The summed E-state index contributed by atoms with van der Waals surface area (Å²) in [6.45, 7) is 7.57. The van der Waals surface area contributed by atoms with Crippen molar-refractivity contribution in [2.24, 2.45) is 0 Å². The molecule has 0 saturated carbocycles. The minimum absolute atomic E-state index is 0.0543. The van der Waals surface area contributed by atoms with E-state index in [0.29, 0.717) is 17.9 Å². The van der Waals surface area contributed by atoms with E-state index in [2.05, 4.69) is 13.8 Å².